The predicted molar refractivity (Wildman–Crippen MR) is 111 cm³/mol. The molecule has 0 aromatic heterocycles. The summed E-state index contributed by atoms with van der Waals surface area (Å²) in [4.78, 5) is 14.7. The molecule has 0 spiro atoms. The van der Waals surface area contributed by atoms with E-state index < -0.39 is 10.0 Å². The van der Waals surface area contributed by atoms with Crippen molar-refractivity contribution in [3.8, 4) is 5.75 Å². The molecule has 2 aromatic carbocycles. The third-order valence-electron chi connectivity index (χ3n) is 4.73. The van der Waals surface area contributed by atoms with Gasteiger partial charge in [0.15, 0.2) is 0 Å². The minimum absolute atomic E-state index is 0.0582. The van der Waals surface area contributed by atoms with Gasteiger partial charge in [0.05, 0.1) is 12.0 Å². The van der Waals surface area contributed by atoms with Gasteiger partial charge in [-0.05, 0) is 48.2 Å². The molecule has 0 atom stereocenters. The number of amides is 1. The lowest BCUT2D eigenvalue weighted by molar-refractivity contribution is 0.0698. The van der Waals surface area contributed by atoms with Crippen LogP contribution in [0.1, 0.15) is 15.9 Å². The molecule has 0 unspecified atom stereocenters. The Kier molecular flexibility index (Phi) is 6.64. The number of thioether (sulfide) groups is 1. The smallest absolute Gasteiger partial charge is 0.253 e. The van der Waals surface area contributed by atoms with E-state index in [1.165, 1.54) is 17.0 Å². The van der Waals surface area contributed by atoms with Gasteiger partial charge in [-0.3, -0.25) is 4.79 Å². The number of carbonyl (C=O) groups is 1. The number of benzene rings is 2. The van der Waals surface area contributed by atoms with E-state index in [-0.39, 0.29) is 23.9 Å². The molecule has 1 heterocycles. The summed E-state index contributed by atoms with van der Waals surface area (Å²) < 4.78 is 32.1. The lowest BCUT2D eigenvalue weighted by atomic mass is 10.1. The van der Waals surface area contributed by atoms with Crippen LogP contribution in [-0.2, 0) is 15.8 Å². The summed E-state index contributed by atoms with van der Waals surface area (Å²) in [7, 11) is -2.04. The van der Waals surface area contributed by atoms with Crippen molar-refractivity contribution in [1.29, 1.82) is 0 Å². The number of piperazine rings is 1. The summed E-state index contributed by atoms with van der Waals surface area (Å²) in [6, 6.07) is 14.0. The molecule has 150 valence electrons. The van der Waals surface area contributed by atoms with Gasteiger partial charge in [0.25, 0.3) is 5.91 Å². The average Bonchev–Trinajstić information content (AvgIpc) is 2.74. The van der Waals surface area contributed by atoms with Crippen LogP contribution < -0.4 is 4.74 Å². The molecule has 1 aliphatic heterocycles. The highest BCUT2D eigenvalue weighted by Gasteiger charge is 2.30. The number of sulfonamides is 1. The Morgan fingerprint density at radius 2 is 1.61 bits per heavy atom. The molecule has 1 saturated heterocycles. The minimum Gasteiger partial charge on any atom is -0.497 e. The van der Waals surface area contributed by atoms with Crippen molar-refractivity contribution in [3.05, 3.63) is 59.7 Å². The van der Waals surface area contributed by atoms with Gasteiger partial charge < -0.3 is 9.64 Å². The second-order valence-electron chi connectivity index (χ2n) is 6.50. The van der Waals surface area contributed by atoms with Crippen LogP contribution in [0.15, 0.2) is 53.4 Å². The Morgan fingerprint density at radius 1 is 1.00 bits per heavy atom. The zero-order chi connectivity index (χ0) is 20.1. The third-order valence-corrected chi connectivity index (χ3v) is 7.27. The van der Waals surface area contributed by atoms with E-state index in [0.717, 1.165) is 5.75 Å². The van der Waals surface area contributed by atoms with Crippen molar-refractivity contribution in [3.63, 3.8) is 0 Å². The number of methoxy groups -OCH3 is 1. The molecule has 0 bridgehead atoms. The maximum Gasteiger partial charge on any atom is 0.253 e. The van der Waals surface area contributed by atoms with Gasteiger partial charge >= 0.3 is 0 Å². The van der Waals surface area contributed by atoms with Crippen molar-refractivity contribution in [2.75, 3.05) is 39.5 Å². The van der Waals surface area contributed by atoms with Crippen LogP contribution in [0.2, 0.25) is 0 Å². The van der Waals surface area contributed by atoms with Crippen LogP contribution >= 0.6 is 11.8 Å². The van der Waals surface area contributed by atoms with Crippen LogP contribution in [0.4, 0.5) is 0 Å². The van der Waals surface area contributed by atoms with E-state index in [4.69, 9.17) is 4.74 Å². The number of ether oxygens (including phenoxy) is 1. The van der Waals surface area contributed by atoms with Crippen molar-refractivity contribution in [2.24, 2.45) is 0 Å². The summed E-state index contributed by atoms with van der Waals surface area (Å²) in [5.74, 6) is 1.46. The van der Waals surface area contributed by atoms with Gasteiger partial charge in [0.1, 0.15) is 5.75 Å². The number of hydrogen-bond donors (Lipinski definition) is 0. The largest absolute Gasteiger partial charge is 0.497 e. The topological polar surface area (TPSA) is 66.9 Å². The first-order chi connectivity index (χ1) is 13.5. The van der Waals surface area contributed by atoms with Crippen molar-refractivity contribution >= 4 is 27.7 Å². The van der Waals surface area contributed by atoms with Crippen molar-refractivity contribution in [2.45, 2.75) is 10.6 Å². The van der Waals surface area contributed by atoms with Crippen molar-refractivity contribution in [1.82, 2.24) is 9.21 Å². The number of nitrogens with zero attached hydrogens (tertiary/aromatic N) is 2. The molecule has 1 fully saturated rings. The molecular formula is C20H24N2O4S2. The summed E-state index contributed by atoms with van der Waals surface area (Å²) in [5, 5.41) is 0. The number of carbonyl (C=O) groups excluding carboxylic acids is 1. The molecule has 8 heteroatoms. The molecule has 0 saturated carbocycles. The molecule has 0 radical (unpaired) electrons. The molecule has 1 amide bonds. The van der Waals surface area contributed by atoms with Gasteiger partial charge in [-0.15, -0.1) is 0 Å². The Bertz CT molecular complexity index is 904. The lowest BCUT2D eigenvalue weighted by Gasteiger charge is -2.34. The third kappa shape index (κ3) is 4.51. The summed E-state index contributed by atoms with van der Waals surface area (Å²) in [5.41, 5.74) is 1.82. The lowest BCUT2D eigenvalue weighted by Crippen LogP contribution is -2.50. The van der Waals surface area contributed by atoms with Gasteiger partial charge in [0.2, 0.25) is 10.0 Å². The van der Waals surface area contributed by atoms with Crippen molar-refractivity contribution < 1.29 is 17.9 Å². The zero-order valence-electron chi connectivity index (χ0n) is 16.0. The fourth-order valence-electron chi connectivity index (χ4n) is 3.12. The van der Waals surface area contributed by atoms with Crippen LogP contribution in [0.3, 0.4) is 0 Å². The molecule has 0 N–H and O–H groups in total. The monoisotopic (exact) mass is 420 g/mol. The van der Waals surface area contributed by atoms with Crippen LogP contribution in [0, 0.1) is 0 Å². The van der Waals surface area contributed by atoms with Gasteiger partial charge in [-0.2, -0.15) is 16.1 Å². The summed E-state index contributed by atoms with van der Waals surface area (Å²) in [6.07, 6.45) is 2.04. The normalized spacial score (nSPS) is 15.4. The zero-order valence-corrected chi connectivity index (χ0v) is 17.6. The van der Waals surface area contributed by atoms with Crippen LogP contribution in [0.25, 0.3) is 0 Å². The number of rotatable bonds is 6. The first-order valence-electron chi connectivity index (χ1n) is 8.97. The second-order valence-corrected chi connectivity index (χ2v) is 9.31. The Hall–Kier alpha value is -2.03. The Morgan fingerprint density at radius 3 is 2.14 bits per heavy atom. The van der Waals surface area contributed by atoms with E-state index in [0.29, 0.717) is 24.4 Å². The Labute approximate surface area is 170 Å². The quantitative estimate of drug-likeness (QED) is 0.719. The summed E-state index contributed by atoms with van der Waals surface area (Å²) in [6.45, 7) is 1.32. The van der Waals surface area contributed by atoms with E-state index in [1.807, 2.05) is 30.5 Å². The van der Waals surface area contributed by atoms with Gasteiger partial charge in [-0.1, -0.05) is 12.1 Å². The van der Waals surface area contributed by atoms with Crippen LogP contribution in [0.5, 0.6) is 5.75 Å². The van der Waals surface area contributed by atoms with Crippen LogP contribution in [-0.4, -0.2) is 63.1 Å². The maximum atomic E-state index is 12.8. The first-order valence-corrected chi connectivity index (χ1v) is 11.8. The fraction of sp³-hybridized carbons (Fsp3) is 0.350. The second kappa shape index (κ2) is 8.98. The Balaban J connectivity index is 1.63. The molecule has 0 aliphatic carbocycles. The predicted octanol–water partition coefficient (Wildman–Crippen LogP) is 2.70. The first kappa shape index (κ1) is 20.7. The molecule has 28 heavy (non-hydrogen) atoms. The fourth-order valence-corrected chi connectivity index (χ4v) is 5.07. The minimum atomic E-state index is -3.58. The average molecular weight is 421 g/mol. The highest BCUT2D eigenvalue weighted by Crippen LogP contribution is 2.21. The highest BCUT2D eigenvalue weighted by atomic mass is 32.2. The molecule has 3 rings (SSSR count). The van der Waals surface area contributed by atoms with E-state index in [9.17, 15) is 13.2 Å². The standard InChI is InChI=1S/C20H24N2O4S2/c1-26-18-7-9-19(10-8-18)28(24,25)22-13-11-21(12-14-22)20(23)17-5-3-16(4-6-17)15-27-2/h3-10H,11-15H2,1-2H3. The van der Waals surface area contributed by atoms with Gasteiger partial charge in [-0.25, -0.2) is 8.42 Å². The molecular weight excluding hydrogens is 396 g/mol. The molecule has 1 aliphatic rings. The van der Waals surface area contributed by atoms with E-state index in [2.05, 4.69) is 0 Å². The summed E-state index contributed by atoms with van der Waals surface area (Å²) >= 11 is 1.73. The van der Waals surface area contributed by atoms with Gasteiger partial charge in [0, 0.05) is 37.5 Å². The highest BCUT2D eigenvalue weighted by molar-refractivity contribution is 7.97. The van der Waals surface area contributed by atoms with E-state index in [1.54, 1.807) is 40.9 Å². The molecule has 2 aromatic rings. The van der Waals surface area contributed by atoms with E-state index >= 15 is 0 Å². The maximum absolute atomic E-state index is 12.8. The SMILES string of the molecule is COc1ccc(S(=O)(=O)N2CCN(C(=O)c3ccc(CSC)cc3)CC2)cc1. The molecule has 6 nitrogen and oxygen atoms in total. The number of hydrogen-bond acceptors (Lipinski definition) is 5.